The summed E-state index contributed by atoms with van der Waals surface area (Å²) in [7, 11) is 0. The quantitative estimate of drug-likeness (QED) is 0.909. The van der Waals surface area contributed by atoms with Gasteiger partial charge in [-0.3, -0.25) is 4.79 Å². The first kappa shape index (κ1) is 15.7. The van der Waals surface area contributed by atoms with Crippen molar-refractivity contribution >= 4 is 17.5 Å². The second-order valence-corrected chi connectivity index (χ2v) is 6.79. The second-order valence-electron chi connectivity index (χ2n) is 6.38. The maximum atomic E-state index is 13.2. The summed E-state index contributed by atoms with van der Waals surface area (Å²) >= 11 is 6.37. The van der Waals surface area contributed by atoms with E-state index in [1.165, 1.54) is 0 Å². The Morgan fingerprint density at radius 1 is 1.29 bits per heavy atom. The first-order chi connectivity index (χ1) is 11.8. The van der Waals surface area contributed by atoms with Crippen LogP contribution in [0.15, 0.2) is 28.8 Å². The number of hydrogen-bond acceptors (Lipinski definition) is 4. The highest BCUT2D eigenvalue weighted by atomic mass is 35.5. The normalized spacial score (nSPS) is 20.7. The Labute approximate surface area is 146 Å². The van der Waals surface area contributed by atoms with Crippen LogP contribution in [0.4, 0.5) is 0 Å². The van der Waals surface area contributed by atoms with Crippen LogP contribution in [-0.4, -0.2) is 35.6 Å². The number of aromatic nitrogens is 1. The van der Waals surface area contributed by atoms with E-state index in [0.717, 1.165) is 49.1 Å². The van der Waals surface area contributed by atoms with Crippen LogP contribution in [0.25, 0.3) is 0 Å². The minimum Gasteiger partial charge on any atom is -0.360 e. The highest BCUT2D eigenvalue weighted by molar-refractivity contribution is 6.31. The number of nitrogens with one attached hydrogen (secondary N) is 1. The van der Waals surface area contributed by atoms with E-state index in [2.05, 4.69) is 10.5 Å². The van der Waals surface area contributed by atoms with Crippen molar-refractivity contribution in [2.75, 3.05) is 19.6 Å². The van der Waals surface area contributed by atoms with E-state index in [-0.39, 0.29) is 11.9 Å². The van der Waals surface area contributed by atoms with Crippen molar-refractivity contribution < 1.29 is 9.32 Å². The van der Waals surface area contributed by atoms with E-state index < -0.39 is 0 Å². The van der Waals surface area contributed by atoms with Crippen molar-refractivity contribution in [3.63, 3.8) is 0 Å². The molecule has 2 heterocycles. The van der Waals surface area contributed by atoms with Gasteiger partial charge in [-0.1, -0.05) is 35.0 Å². The molecule has 1 saturated heterocycles. The van der Waals surface area contributed by atoms with E-state index >= 15 is 0 Å². The van der Waals surface area contributed by atoms with Crippen molar-refractivity contribution in [3.8, 4) is 0 Å². The second kappa shape index (κ2) is 6.57. The molecule has 5 nitrogen and oxygen atoms in total. The Hall–Kier alpha value is -1.85. The topological polar surface area (TPSA) is 58.4 Å². The highest BCUT2D eigenvalue weighted by Gasteiger charge is 2.34. The molecule has 1 amide bonds. The van der Waals surface area contributed by atoms with Crippen LogP contribution in [0.5, 0.6) is 0 Å². The Morgan fingerprint density at radius 2 is 2.12 bits per heavy atom. The van der Waals surface area contributed by atoms with E-state index in [0.29, 0.717) is 23.8 Å². The number of carbonyl (C=O) groups is 1. The molecule has 0 saturated carbocycles. The Morgan fingerprint density at radius 3 is 3.00 bits per heavy atom. The number of aryl methyl sites for hydroxylation is 1. The number of amides is 1. The molecule has 1 N–H and O–H groups in total. The zero-order chi connectivity index (χ0) is 16.5. The predicted molar refractivity (Wildman–Crippen MR) is 91.2 cm³/mol. The van der Waals surface area contributed by atoms with Gasteiger partial charge in [0.2, 0.25) is 0 Å². The molecule has 4 rings (SSSR count). The lowest BCUT2D eigenvalue weighted by Crippen LogP contribution is -2.49. The zero-order valence-electron chi connectivity index (χ0n) is 13.4. The van der Waals surface area contributed by atoms with E-state index in [1.54, 1.807) is 0 Å². The van der Waals surface area contributed by atoms with E-state index in [1.807, 2.05) is 29.2 Å². The van der Waals surface area contributed by atoms with Crippen LogP contribution >= 0.6 is 11.6 Å². The number of benzene rings is 1. The molecule has 1 unspecified atom stereocenters. The fraction of sp³-hybridized carbons (Fsp3) is 0.444. The van der Waals surface area contributed by atoms with Crippen LogP contribution in [0.1, 0.15) is 46.3 Å². The molecule has 6 heteroatoms. The average Bonchev–Trinajstić information content (AvgIpc) is 3.06. The summed E-state index contributed by atoms with van der Waals surface area (Å²) in [5.41, 5.74) is 2.46. The van der Waals surface area contributed by atoms with Gasteiger partial charge < -0.3 is 14.7 Å². The number of nitrogens with zero attached hydrogens (tertiary/aromatic N) is 2. The summed E-state index contributed by atoms with van der Waals surface area (Å²) in [5.74, 6) is 0.836. The molecular formula is C18H20ClN3O2. The van der Waals surface area contributed by atoms with Crippen LogP contribution in [-0.2, 0) is 12.8 Å². The SMILES string of the molecule is O=C(c1noc2c1CCCC2)N1CCNCC1c1ccccc1Cl. The van der Waals surface area contributed by atoms with Crippen LogP contribution in [0.3, 0.4) is 0 Å². The highest BCUT2D eigenvalue weighted by Crippen LogP contribution is 2.31. The molecule has 1 aromatic carbocycles. The molecule has 0 bridgehead atoms. The van der Waals surface area contributed by atoms with Gasteiger partial charge in [-0.2, -0.15) is 0 Å². The molecule has 0 spiro atoms. The summed E-state index contributed by atoms with van der Waals surface area (Å²) in [5, 5.41) is 8.15. The third kappa shape index (κ3) is 2.72. The number of halogens is 1. The fourth-order valence-corrected chi connectivity index (χ4v) is 3.92. The first-order valence-electron chi connectivity index (χ1n) is 8.49. The summed E-state index contributed by atoms with van der Waals surface area (Å²) in [6, 6.07) is 7.62. The molecule has 1 fully saturated rings. The molecule has 0 radical (unpaired) electrons. The number of fused-ring (bicyclic) bond motifs is 1. The fourth-order valence-electron chi connectivity index (χ4n) is 3.66. The molecule has 126 valence electrons. The standard InChI is InChI=1S/C18H20ClN3O2/c19-14-7-3-1-5-12(14)15-11-20-9-10-22(15)18(23)17-13-6-2-4-8-16(13)24-21-17/h1,3,5,7,15,20H,2,4,6,8-11H2. The Balaban J connectivity index is 1.67. The molecule has 2 aliphatic rings. The lowest BCUT2D eigenvalue weighted by molar-refractivity contribution is 0.0623. The zero-order valence-corrected chi connectivity index (χ0v) is 14.2. The number of carbonyl (C=O) groups excluding carboxylic acids is 1. The van der Waals surface area contributed by atoms with Gasteiger partial charge in [0.15, 0.2) is 5.69 Å². The predicted octanol–water partition coefficient (Wildman–Crippen LogP) is 2.99. The summed E-state index contributed by atoms with van der Waals surface area (Å²) in [4.78, 5) is 15.0. The van der Waals surface area contributed by atoms with Crippen molar-refractivity contribution in [1.82, 2.24) is 15.4 Å². The van der Waals surface area contributed by atoms with Crippen molar-refractivity contribution in [2.24, 2.45) is 0 Å². The lowest BCUT2D eigenvalue weighted by Gasteiger charge is -2.36. The molecule has 2 aromatic rings. The van der Waals surface area contributed by atoms with Gasteiger partial charge in [0, 0.05) is 36.6 Å². The van der Waals surface area contributed by atoms with Gasteiger partial charge in [0.25, 0.3) is 5.91 Å². The first-order valence-corrected chi connectivity index (χ1v) is 8.87. The van der Waals surface area contributed by atoms with Gasteiger partial charge >= 0.3 is 0 Å². The lowest BCUT2D eigenvalue weighted by atomic mass is 9.95. The Kier molecular flexibility index (Phi) is 4.29. The number of rotatable bonds is 2. The van der Waals surface area contributed by atoms with Crippen LogP contribution in [0.2, 0.25) is 5.02 Å². The maximum Gasteiger partial charge on any atom is 0.276 e. The number of hydrogen-bond donors (Lipinski definition) is 1. The Bertz CT molecular complexity index is 758. The van der Waals surface area contributed by atoms with Crippen LogP contribution in [0, 0.1) is 0 Å². The summed E-state index contributed by atoms with van der Waals surface area (Å²) in [6.45, 7) is 2.10. The van der Waals surface area contributed by atoms with E-state index in [9.17, 15) is 4.79 Å². The van der Waals surface area contributed by atoms with Crippen molar-refractivity contribution in [1.29, 1.82) is 0 Å². The molecule has 1 atom stereocenters. The molecule has 1 aliphatic carbocycles. The van der Waals surface area contributed by atoms with Gasteiger partial charge in [0.05, 0.1) is 6.04 Å². The summed E-state index contributed by atoms with van der Waals surface area (Å²) < 4.78 is 5.42. The van der Waals surface area contributed by atoms with Gasteiger partial charge in [-0.05, 0) is 30.9 Å². The van der Waals surface area contributed by atoms with Crippen molar-refractivity contribution in [2.45, 2.75) is 31.7 Å². The third-order valence-electron chi connectivity index (χ3n) is 4.92. The third-order valence-corrected chi connectivity index (χ3v) is 5.27. The monoisotopic (exact) mass is 345 g/mol. The van der Waals surface area contributed by atoms with Crippen LogP contribution < -0.4 is 5.32 Å². The van der Waals surface area contributed by atoms with E-state index in [4.69, 9.17) is 16.1 Å². The average molecular weight is 346 g/mol. The largest absolute Gasteiger partial charge is 0.360 e. The van der Waals surface area contributed by atoms with Crippen molar-refractivity contribution in [3.05, 3.63) is 51.9 Å². The smallest absolute Gasteiger partial charge is 0.276 e. The van der Waals surface area contributed by atoms with Gasteiger partial charge in [0.1, 0.15) is 5.76 Å². The maximum absolute atomic E-state index is 13.2. The molecule has 1 aliphatic heterocycles. The van der Waals surface area contributed by atoms with Gasteiger partial charge in [-0.25, -0.2) is 0 Å². The number of piperazine rings is 1. The molecular weight excluding hydrogens is 326 g/mol. The molecule has 24 heavy (non-hydrogen) atoms. The summed E-state index contributed by atoms with van der Waals surface area (Å²) in [6.07, 6.45) is 3.95. The minimum absolute atomic E-state index is 0.0479. The molecule has 1 aromatic heterocycles. The van der Waals surface area contributed by atoms with Gasteiger partial charge in [-0.15, -0.1) is 0 Å². The minimum atomic E-state index is -0.0871.